The lowest BCUT2D eigenvalue weighted by Crippen LogP contribution is -2.30. The van der Waals surface area contributed by atoms with Crippen LogP contribution in [0.3, 0.4) is 0 Å². The van der Waals surface area contributed by atoms with E-state index in [1.165, 1.54) is 16.7 Å². The summed E-state index contributed by atoms with van der Waals surface area (Å²) in [5.74, 6) is 0. The number of aromatic nitrogens is 2. The smallest absolute Gasteiger partial charge is 0.241 e. The minimum Gasteiger partial charge on any atom is -0.250 e. The summed E-state index contributed by atoms with van der Waals surface area (Å²) in [7, 11) is 0. The zero-order valence-electron chi connectivity index (χ0n) is 9.33. The van der Waals surface area contributed by atoms with Gasteiger partial charge in [-0.3, -0.25) is 4.98 Å². The molecule has 0 spiro atoms. The molecule has 1 heterocycles. The number of nitrogens with one attached hydrogen (secondary N) is 1. The van der Waals surface area contributed by atoms with Gasteiger partial charge in [-0.05, 0) is 24.5 Å². The van der Waals surface area contributed by atoms with Crippen LogP contribution in [0, 0.1) is 6.92 Å². The van der Waals surface area contributed by atoms with Crippen molar-refractivity contribution in [3.8, 4) is 0 Å². The Labute approximate surface area is 90.6 Å². The summed E-state index contributed by atoms with van der Waals surface area (Å²) >= 11 is 0. The summed E-state index contributed by atoms with van der Waals surface area (Å²) in [4.78, 5) is 3.06. The lowest BCUT2D eigenvalue weighted by atomic mass is 10.0. The maximum Gasteiger partial charge on any atom is 0.241 e. The third-order valence-electron chi connectivity index (χ3n) is 2.57. The molecule has 0 atom stereocenters. The van der Waals surface area contributed by atoms with Gasteiger partial charge in [0.05, 0.1) is 0 Å². The minimum absolute atomic E-state index is 0.943. The highest BCUT2D eigenvalue weighted by atomic mass is 15.0. The van der Waals surface area contributed by atoms with E-state index in [0.717, 1.165) is 13.0 Å². The fraction of sp³-hybridized carbons (Fsp3) is 0.308. The number of rotatable bonds is 3. The summed E-state index contributed by atoms with van der Waals surface area (Å²) < 4.78 is 2.15. The highest BCUT2D eigenvalue weighted by Gasteiger charge is 2.01. The number of H-pyrrole nitrogens is 1. The average molecular weight is 201 g/mol. The lowest BCUT2D eigenvalue weighted by Gasteiger charge is -2.04. The zero-order chi connectivity index (χ0) is 10.7. The van der Waals surface area contributed by atoms with Crippen LogP contribution in [-0.2, 0) is 13.0 Å². The summed E-state index contributed by atoms with van der Waals surface area (Å²) in [5, 5.41) is 0. The van der Waals surface area contributed by atoms with Crippen molar-refractivity contribution in [2.24, 2.45) is 0 Å². The standard InChI is InChI=1S/C13H16N2/c1-3-12-6-11(2)7-13(8-12)9-15-5-4-14-10-15/h4-8,10H,3,9H2,1-2H3/p+1. The summed E-state index contributed by atoms with van der Waals surface area (Å²) in [6.07, 6.45) is 7.07. The second-order valence-corrected chi connectivity index (χ2v) is 3.96. The summed E-state index contributed by atoms with van der Waals surface area (Å²) in [5.41, 5.74) is 4.14. The SMILES string of the molecule is CCc1cc(C)cc(C[n+]2cc[nH]c2)c1. The molecule has 0 fully saturated rings. The van der Waals surface area contributed by atoms with Crippen LogP contribution in [0.2, 0.25) is 0 Å². The average Bonchev–Trinajstić information content (AvgIpc) is 2.69. The number of aryl methyl sites for hydroxylation is 2. The van der Waals surface area contributed by atoms with Crippen molar-refractivity contribution in [2.75, 3.05) is 0 Å². The second kappa shape index (κ2) is 4.30. The van der Waals surface area contributed by atoms with Crippen molar-refractivity contribution in [3.63, 3.8) is 0 Å². The van der Waals surface area contributed by atoms with Gasteiger partial charge in [-0.1, -0.05) is 30.7 Å². The molecule has 0 unspecified atom stereocenters. The van der Waals surface area contributed by atoms with Gasteiger partial charge in [-0.2, -0.15) is 0 Å². The van der Waals surface area contributed by atoms with Gasteiger partial charge in [0.15, 0.2) is 0 Å². The molecule has 2 aromatic rings. The third-order valence-corrected chi connectivity index (χ3v) is 2.57. The van der Waals surface area contributed by atoms with Crippen molar-refractivity contribution < 1.29 is 4.57 Å². The first kappa shape index (κ1) is 9.97. The van der Waals surface area contributed by atoms with Crippen molar-refractivity contribution in [1.29, 1.82) is 0 Å². The van der Waals surface area contributed by atoms with Crippen molar-refractivity contribution in [3.05, 3.63) is 53.6 Å². The van der Waals surface area contributed by atoms with E-state index < -0.39 is 0 Å². The molecule has 0 bridgehead atoms. The van der Waals surface area contributed by atoms with Gasteiger partial charge in [0, 0.05) is 0 Å². The highest BCUT2D eigenvalue weighted by molar-refractivity contribution is 5.28. The number of imidazole rings is 1. The van der Waals surface area contributed by atoms with Gasteiger partial charge in [-0.25, -0.2) is 4.57 Å². The van der Waals surface area contributed by atoms with E-state index in [9.17, 15) is 0 Å². The van der Waals surface area contributed by atoms with Crippen LogP contribution in [0.5, 0.6) is 0 Å². The summed E-state index contributed by atoms with van der Waals surface area (Å²) in [6.45, 7) is 5.30. The number of hydrogen-bond acceptors (Lipinski definition) is 0. The Morgan fingerprint density at radius 1 is 1.20 bits per heavy atom. The fourth-order valence-electron chi connectivity index (χ4n) is 1.87. The Balaban J connectivity index is 2.24. The predicted molar refractivity (Wildman–Crippen MR) is 60.6 cm³/mol. The van der Waals surface area contributed by atoms with Gasteiger partial charge in [0.1, 0.15) is 18.9 Å². The van der Waals surface area contributed by atoms with Crippen molar-refractivity contribution >= 4 is 0 Å². The number of hydrogen-bond donors (Lipinski definition) is 1. The minimum atomic E-state index is 0.943. The van der Waals surface area contributed by atoms with E-state index in [-0.39, 0.29) is 0 Å². The van der Waals surface area contributed by atoms with E-state index in [1.807, 2.05) is 18.7 Å². The van der Waals surface area contributed by atoms with Crippen LogP contribution in [0.25, 0.3) is 0 Å². The molecule has 0 aliphatic carbocycles. The lowest BCUT2D eigenvalue weighted by molar-refractivity contribution is -0.687. The second-order valence-electron chi connectivity index (χ2n) is 3.96. The predicted octanol–water partition coefficient (Wildman–Crippen LogP) is 2.22. The summed E-state index contributed by atoms with van der Waals surface area (Å²) in [6, 6.07) is 6.79. The molecule has 15 heavy (non-hydrogen) atoms. The Hall–Kier alpha value is -1.57. The molecule has 1 aromatic carbocycles. The molecule has 0 saturated heterocycles. The Morgan fingerprint density at radius 3 is 2.67 bits per heavy atom. The van der Waals surface area contributed by atoms with Crippen LogP contribution in [-0.4, -0.2) is 4.98 Å². The quantitative estimate of drug-likeness (QED) is 0.735. The van der Waals surface area contributed by atoms with E-state index >= 15 is 0 Å². The highest BCUT2D eigenvalue weighted by Crippen LogP contribution is 2.10. The first-order valence-corrected chi connectivity index (χ1v) is 5.39. The molecular formula is C13H17N2+. The van der Waals surface area contributed by atoms with E-state index in [2.05, 4.69) is 41.6 Å². The Morgan fingerprint density at radius 2 is 2.00 bits per heavy atom. The van der Waals surface area contributed by atoms with Crippen LogP contribution >= 0.6 is 0 Å². The normalized spacial score (nSPS) is 10.5. The molecule has 0 aliphatic heterocycles. The van der Waals surface area contributed by atoms with Gasteiger partial charge in [-0.15, -0.1) is 0 Å². The molecule has 1 N–H and O–H groups in total. The zero-order valence-corrected chi connectivity index (χ0v) is 9.33. The van der Waals surface area contributed by atoms with Crippen molar-refractivity contribution in [1.82, 2.24) is 4.98 Å². The molecule has 78 valence electrons. The molecule has 2 heteroatoms. The number of aromatic amines is 1. The van der Waals surface area contributed by atoms with E-state index in [1.54, 1.807) is 0 Å². The van der Waals surface area contributed by atoms with Gasteiger partial charge in [0.25, 0.3) is 0 Å². The van der Waals surface area contributed by atoms with Crippen LogP contribution in [0.15, 0.2) is 36.9 Å². The molecule has 0 aliphatic rings. The number of benzene rings is 1. The molecular weight excluding hydrogens is 184 g/mol. The maximum atomic E-state index is 3.06. The molecule has 0 radical (unpaired) electrons. The fourth-order valence-corrected chi connectivity index (χ4v) is 1.87. The Bertz CT molecular complexity index is 430. The Kier molecular flexibility index (Phi) is 2.86. The maximum absolute atomic E-state index is 3.06. The molecule has 0 amide bonds. The molecule has 2 rings (SSSR count). The van der Waals surface area contributed by atoms with E-state index in [0.29, 0.717) is 0 Å². The van der Waals surface area contributed by atoms with Gasteiger partial charge >= 0.3 is 0 Å². The first-order chi connectivity index (χ1) is 7.28. The van der Waals surface area contributed by atoms with Gasteiger partial charge < -0.3 is 0 Å². The van der Waals surface area contributed by atoms with Gasteiger partial charge in [0.2, 0.25) is 6.33 Å². The number of nitrogens with zero attached hydrogens (tertiary/aromatic N) is 1. The molecule has 2 nitrogen and oxygen atoms in total. The molecule has 1 aromatic heterocycles. The largest absolute Gasteiger partial charge is 0.250 e. The monoisotopic (exact) mass is 201 g/mol. The third kappa shape index (κ3) is 2.46. The van der Waals surface area contributed by atoms with Crippen LogP contribution < -0.4 is 4.57 Å². The van der Waals surface area contributed by atoms with Crippen LogP contribution in [0.1, 0.15) is 23.6 Å². The van der Waals surface area contributed by atoms with Crippen LogP contribution in [0.4, 0.5) is 0 Å². The van der Waals surface area contributed by atoms with Crippen molar-refractivity contribution in [2.45, 2.75) is 26.8 Å². The topological polar surface area (TPSA) is 19.7 Å². The first-order valence-electron chi connectivity index (χ1n) is 5.39. The molecule has 0 saturated carbocycles. The van der Waals surface area contributed by atoms with E-state index in [4.69, 9.17) is 0 Å².